The Morgan fingerprint density at radius 3 is 1.25 bits per heavy atom. The summed E-state index contributed by atoms with van der Waals surface area (Å²) in [6.07, 6.45) is 0. The van der Waals surface area contributed by atoms with Crippen LogP contribution in [0.2, 0.25) is 0 Å². The Morgan fingerprint density at radius 2 is 0.938 bits per heavy atom. The van der Waals surface area contributed by atoms with Crippen molar-refractivity contribution < 1.29 is 47.0 Å². The average molecular weight is 397 g/mol. The van der Waals surface area contributed by atoms with Crippen molar-refractivity contribution in [3.63, 3.8) is 0 Å². The molecule has 0 nitrogen and oxygen atoms in total. The van der Waals surface area contributed by atoms with Crippen LogP contribution in [0.4, 0.5) is 8.78 Å². The highest BCUT2D eigenvalue weighted by molar-refractivity contribution is 5.05. The Labute approximate surface area is 114 Å². The van der Waals surface area contributed by atoms with E-state index in [0.29, 0.717) is 0 Å². The predicted octanol–water partition coefficient (Wildman–Crippen LogP) is -2.90. The quantitative estimate of drug-likeness (QED) is 0.478. The third-order valence-corrected chi connectivity index (χ3v) is 4.51. The van der Waals surface area contributed by atoms with Crippen molar-refractivity contribution in [2.75, 3.05) is 0 Å². The lowest BCUT2D eigenvalue weighted by Gasteiger charge is -1.88. The maximum Gasteiger partial charge on any atom is 0.357 e. The fraction of sp³-hybridized carbons (Fsp3) is 0. The van der Waals surface area contributed by atoms with Crippen molar-refractivity contribution in [1.82, 2.24) is 0 Å². The molecule has 84 valence electrons. The van der Waals surface area contributed by atoms with E-state index in [4.69, 9.17) is 0 Å². The minimum Gasteiger partial charge on any atom is -1.00 e. The smallest absolute Gasteiger partial charge is 0.357 e. The van der Waals surface area contributed by atoms with Gasteiger partial charge in [0.2, 0.25) is 0 Å². The number of halogens is 4. The van der Waals surface area contributed by atoms with Gasteiger partial charge in [0.05, 0.1) is 0 Å². The average Bonchev–Trinajstić information content (AvgIpc) is 2.25. The topological polar surface area (TPSA) is 0 Å². The van der Waals surface area contributed by atoms with Crippen molar-refractivity contribution in [1.29, 1.82) is 0 Å². The van der Waals surface area contributed by atoms with Gasteiger partial charge in [-0.05, 0) is 48.5 Å². The second kappa shape index (κ2) is 6.30. The molecule has 4 heteroatoms. The van der Waals surface area contributed by atoms with E-state index in [2.05, 4.69) is 0 Å². The van der Waals surface area contributed by atoms with E-state index in [9.17, 15) is 8.78 Å². The molecule has 0 unspecified atom stereocenters. The molecule has 0 aromatic heterocycles. The van der Waals surface area contributed by atoms with Gasteiger partial charge < -0.3 is 17.0 Å². The van der Waals surface area contributed by atoms with Gasteiger partial charge in [-0.2, -0.15) is 0 Å². The monoisotopic (exact) mass is 396 g/mol. The molecule has 0 saturated carbocycles. The summed E-state index contributed by atoms with van der Waals surface area (Å²) in [7, 11) is 0. The van der Waals surface area contributed by atoms with E-state index in [-0.39, 0.29) is 49.8 Å². The molecule has 0 N–H and O–H groups in total. The van der Waals surface area contributed by atoms with Crippen molar-refractivity contribution in [3.8, 4) is 0 Å². The largest absolute Gasteiger partial charge is 1.00 e. The SMILES string of the molecule is Fc1ccc([I+]c2ccc(F)cc2)cc1.[Br-]. The first-order valence-electron chi connectivity index (χ1n) is 4.40. The second-order valence-electron chi connectivity index (χ2n) is 2.97. The van der Waals surface area contributed by atoms with Gasteiger partial charge in [0.15, 0.2) is 7.14 Å². The van der Waals surface area contributed by atoms with Gasteiger partial charge in [-0.1, -0.05) is 0 Å². The summed E-state index contributed by atoms with van der Waals surface area (Å²) in [6.45, 7) is 0. The van der Waals surface area contributed by atoms with Gasteiger partial charge in [0.1, 0.15) is 11.6 Å². The van der Waals surface area contributed by atoms with Crippen LogP contribution in [0.25, 0.3) is 0 Å². The highest BCUT2D eigenvalue weighted by Crippen LogP contribution is 1.95. The third kappa shape index (κ3) is 3.83. The van der Waals surface area contributed by atoms with E-state index in [1.807, 2.05) is 0 Å². The van der Waals surface area contributed by atoms with Crippen LogP contribution in [0, 0.1) is 18.8 Å². The Morgan fingerprint density at radius 1 is 0.625 bits per heavy atom. The Bertz CT molecular complexity index is 396. The summed E-state index contributed by atoms with van der Waals surface area (Å²) in [6, 6.07) is 13.0. The molecule has 0 aliphatic carbocycles. The first-order chi connectivity index (χ1) is 7.24. The summed E-state index contributed by atoms with van der Waals surface area (Å²) >= 11 is -0.330. The molecular weight excluding hydrogens is 389 g/mol. The van der Waals surface area contributed by atoms with E-state index in [0.717, 1.165) is 7.14 Å². The van der Waals surface area contributed by atoms with Crippen LogP contribution in [0.1, 0.15) is 0 Å². The van der Waals surface area contributed by atoms with Crippen LogP contribution >= 0.6 is 0 Å². The normalized spacial score (nSPS) is 9.62. The molecular formula is C12H8BrF2I. The lowest BCUT2D eigenvalue weighted by molar-refractivity contribution is -0.597. The van der Waals surface area contributed by atoms with Gasteiger partial charge in [0.25, 0.3) is 0 Å². The number of hydrogen-bond donors (Lipinski definition) is 0. The number of rotatable bonds is 2. The lowest BCUT2D eigenvalue weighted by Crippen LogP contribution is -3.61. The standard InChI is InChI=1S/C12H8F2I.BrH/c13-9-1-5-11(6-2-9)15-12-7-3-10(14)4-8-12;/h1-8H;1H/q+1;/p-1. The van der Waals surface area contributed by atoms with E-state index >= 15 is 0 Å². The maximum absolute atomic E-state index is 12.6. The van der Waals surface area contributed by atoms with Crippen LogP contribution in [-0.2, 0) is 0 Å². The molecule has 0 heterocycles. The fourth-order valence-electron chi connectivity index (χ4n) is 1.11. The van der Waals surface area contributed by atoms with Crippen LogP contribution in [-0.4, -0.2) is 0 Å². The number of hydrogen-bond acceptors (Lipinski definition) is 0. The molecule has 2 aromatic carbocycles. The minimum absolute atomic E-state index is 0. The minimum atomic E-state index is -0.330. The zero-order valence-corrected chi connectivity index (χ0v) is 11.9. The molecule has 0 atom stereocenters. The molecule has 0 aliphatic rings. The van der Waals surface area contributed by atoms with Crippen LogP contribution < -0.4 is 38.2 Å². The molecule has 0 fully saturated rings. The molecule has 0 saturated heterocycles. The molecule has 0 radical (unpaired) electrons. The second-order valence-corrected chi connectivity index (χ2v) is 6.00. The molecule has 0 amide bonds. The third-order valence-electron chi connectivity index (χ3n) is 1.83. The lowest BCUT2D eigenvalue weighted by atomic mass is 10.4. The molecule has 16 heavy (non-hydrogen) atoms. The van der Waals surface area contributed by atoms with Crippen LogP contribution in [0.15, 0.2) is 48.5 Å². The summed E-state index contributed by atoms with van der Waals surface area (Å²) in [4.78, 5) is 0. The van der Waals surface area contributed by atoms with Crippen molar-refractivity contribution >= 4 is 0 Å². The van der Waals surface area contributed by atoms with E-state index < -0.39 is 0 Å². The van der Waals surface area contributed by atoms with Gasteiger partial charge in [0, 0.05) is 0 Å². The summed E-state index contributed by atoms with van der Waals surface area (Å²) in [5.41, 5.74) is 0. The zero-order chi connectivity index (χ0) is 10.7. The Hall–Kier alpha value is -0.490. The van der Waals surface area contributed by atoms with Crippen molar-refractivity contribution in [3.05, 3.63) is 67.3 Å². The first-order valence-corrected chi connectivity index (χ1v) is 6.56. The van der Waals surface area contributed by atoms with E-state index in [1.54, 1.807) is 24.3 Å². The summed E-state index contributed by atoms with van der Waals surface area (Å²) in [5, 5.41) is 0. The fourth-order valence-corrected chi connectivity index (χ4v) is 3.27. The zero-order valence-electron chi connectivity index (χ0n) is 8.13. The van der Waals surface area contributed by atoms with Crippen molar-refractivity contribution in [2.45, 2.75) is 0 Å². The van der Waals surface area contributed by atoms with Crippen molar-refractivity contribution in [2.24, 2.45) is 0 Å². The van der Waals surface area contributed by atoms with Gasteiger partial charge >= 0.3 is 21.2 Å². The summed E-state index contributed by atoms with van der Waals surface area (Å²) < 4.78 is 27.5. The molecule has 0 aliphatic heterocycles. The van der Waals surface area contributed by atoms with Gasteiger partial charge in [-0.25, -0.2) is 8.78 Å². The molecule has 2 aromatic rings. The molecule has 2 rings (SSSR count). The summed E-state index contributed by atoms with van der Waals surface area (Å²) in [5.74, 6) is -0.441. The Balaban J connectivity index is 0.00000128. The predicted molar refractivity (Wildman–Crippen MR) is 50.2 cm³/mol. The maximum atomic E-state index is 12.6. The highest BCUT2D eigenvalue weighted by atomic mass is 127. The molecule has 0 bridgehead atoms. The first kappa shape index (κ1) is 13.6. The van der Waals surface area contributed by atoms with Gasteiger partial charge in [-0.15, -0.1) is 0 Å². The number of benzene rings is 2. The van der Waals surface area contributed by atoms with Crippen LogP contribution in [0.3, 0.4) is 0 Å². The van der Waals surface area contributed by atoms with Gasteiger partial charge in [-0.3, -0.25) is 0 Å². The molecule has 0 spiro atoms. The van der Waals surface area contributed by atoms with Crippen LogP contribution in [0.5, 0.6) is 0 Å². The Kier molecular flexibility index (Phi) is 5.34. The highest BCUT2D eigenvalue weighted by Gasteiger charge is 2.14. The van der Waals surface area contributed by atoms with E-state index in [1.165, 1.54) is 24.3 Å².